The summed E-state index contributed by atoms with van der Waals surface area (Å²) in [4.78, 5) is 1.47. The van der Waals surface area contributed by atoms with Crippen molar-refractivity contribution in [2.45, 2.75) is 46.2 Å². The first-order chi connectivity index (χ1) is 9.15. The smallest absolute Gasteiger partial charge is 0.119 e. The van der Waals surface area contributed by atoms with Crippen molar-refractivity contribution in [1.82, 2.24) is 5.32 Å². The van der Waals surface area contributed by atoms with Crippen LogP contribution in [0.3, 0.4) is 0 Å². The van der Waals surface area contributed by atoms with Gasteiger partial charge < -0.3 is 10.1 Å². The van der Waals surface area contributed by atoms with Gasteiger partial charge in [0.1, 0.15) is 5.75 Å². The number of fused-ring (bicyclic) bond motifs is 1. The second kappa shape index (κ2) is 6.40. The molecule has 0 aliphatic carbocycles. The zero-order chi connectivity index (χ0) is 13.8. The number of nitrogens with one attached hydrogen (secondary N) is 1. The van der Waals surface area contributed by atoms with Crippen molar-refractivity contribution in [2.24, 2.45) is 0 Å². The van der Waals surface area contributed by atoms with Gasteiger partial charge in [-0.1, -0.05) is 27.2 Å². The van der Waals surface area contributed by atoms with Gasteiger partial charge in [-0.25, -0.2) is 0 Å². The van der Waals surface area contributed by atoms with Crippen LogP contribution in [0, 0.1) is 0 Å². The molecule has 0 saturated heterocycles. The third-order valence-corrected chi connectivity index (χ3v) is 4.47. The van der Waals surface area contributed by atoms with Crippen molar-refractivity contribution in [1.29, 1.82) is 0 Å². The first-order valence-electron chi connectivity index (χ1n) is 6.97. The molecule has 0 bridgehead atoms. The number of hydrogen-bond donors (Lipinski definition) is 1. The highest BCUT2D eigenvalue weighted by Gasteiger charge is 2.12. The minimum Gasteiger partial charge on any atom is -0.497 e. The van der Waals surface area contributed by atoms with E-state index in [-0.39, 0.29) is 0 Å². The highest BCUT2D eigenvalue weighted by atomic mass is 32.1. The Morgan fingerprint density at radius 2 is 2.11 bits per heavy atom. The molecule has 0 saturated carbocycles. The Morgan fingerprint density at radius 3 is 2.74 bits per heavy atom. The lowest BCUT2D eigenvalue weighted by Gasteiger charge is -2.08. The summed E-state index contributed by atoms with van der Waals surface area (Å²) in [5, 5.41) is 4.90. The zero-order valence-corrected chi connectivity index (χ0v) is 13.1. The van der Waals surface area contributed by atoms with Crippen LogP contribution in [-0.4, -0.2) is 13.2 Å². The average molecular weight is 277 g/mol. The summed E-state index contributed by atoms with van der Waals surface area (Å²) in [5.41, 5.74) is 1.49. The summed E-state index contributed by atoms with van der Waals surface area (Å²) < 4.78 is 6.72. The van der Waals surface area contributed by atoms with E-state index in [0.717, 1.165) is 18.7 Å². The van der Waals surface area contributed by atoms with Gasteiger partial charge >= 0.3 is 0 Å². The summed E-state index contributed by atoms with van der Waals surface area (Å²) in [5.74, 6) is 0.950. The van der Waals surface area contributed by atoms with Gasteiger partial charge in [0.15, 0.2) is 0 Å². The molecule has 0 radical (unpaired) electrons. The van der Waals surface area contributed by atoms with Crippen LogP contribution in [0.5, 0.6) is 5.75 Å². The molecule has 0 aliphatic rings. The fraction of sp³-hybridized carbons (Fsp3) is 0.500. The molecule has 0 aliphatic heterocycles. The van der Waals surface area contributed by atoms with E-state index in [4.69, 9.17) is 4.74 Å². The third kappa shape index (κ3) is 3.28. The molecule has 2 rings (SSSR count). The van der Waals surface area contributed by atoms with E-state index in [0.29, 0.717) is 6.04 Å². The highest BCUT2D eigenvalue weighted by molar-refractivity contribution is 7.19. The van der Waals surface area contributed by atoms with E-state index in [1.165, 1.54) is 26.9 Å². The molecule has 1 aromatic carbocycles. The Balaban J connectivity index is 2.41. The first-order valence-corrected chi connectivity index (χ1v) is 7.79. The van der Waals surface area contributed by atoms with Gasteiger partial charge in [0.25, 0.3) is 0 Å². The van der Waals surface area contributed by atoms with Crippen molar-refractivity contribution in [3.05, 3.63) is 28.6 Å². The lowest BCUT2D eigenvalue weighted by molar-refractivity contribution is 0.415. The third-order valence-electron chi connectivity index (χ3n) is 3.25. The summed E-state index contributed by atoms with van der Waals surface area (Å²) in [7, 11) is 1.73. The van der Waals surface area contributed by atoms with E-state index >= 15 is 0 Å². The Labute approximate surface area is 119 Å². The molecule has 2 nitrogen and oxygen atoms in total. The van der Waals surface area contributed by atoms with Gasteiger partial charge in [0, 0.05) is 22.2 Å². The van der Waals surface area contributed by atoms with Gasteiger partial charge in [0.05, 0.1) is 7.11 Å². The fourth-order valence-corrected chi connectivity index (χ4v) is 3.45. The van der Waals surface area contributed by atoms with Crippen molar-refractivity contribution in [3.8, 4) is 5.75 Å². The predicted octanol–water partition coefficient (Wildman–Crippen LogP) is 4.36. The maximum atomic E-state index is 5.35. The Hall–Kier alpha value is -1.06. The van der Waals surface area contributed by atoms with Gasteiger partial charge in [0.2, 0.25) is 0 Å². The molecule has 1 aromatic heterocycles. The fourth-order valence-electron chi connectivity index (χ4n) is 2.27. The number of thiophene rings is 1. The van der Waals surface area contributed by atoms with Crippen LogP contribution in [-0.2, 0) is 13.0 Å². The maximum absolute atomic E-state index is 5.35. The molecule has 0 amide bonds. The molecule has 1 N–H and O–H groups in total. The second-order valence-electron chi connectivity index (χ2n) is 5.15. The Morgan fingerprint density at radius 1 is 1.32 bits per heavy atom. The Bertz CT molecular complexity index is 545. The molecule has 2 aromatic rings. The molecule has 104 valence electrons. The number of methoxy groups -OCH3 is 1. The molecule has 0 atom stereocenters. The standard InChI is InChI=1S/C16H23NOS/c1-5-6-13-14-9-12(18-4)7-8-15(14)19-16(13)10-17-11(2)3/h7-9,11,17H,5-6,10H2,1-4H3. The molecule has 3 heteroatoms. The van der Waals surface area contributed by atoms with Crippen molar-refractivity contribution >= 4 is 21.4 Å². The highest BCUT2D eigenvalue weighted by Crippen LogP contribution is 2.34. The monoisotopic (exact) mass is 277 g/mol. The van der Waals surface area contributed by atoms with Crippen LogP contribution in [0.15, 0.2) is 18.2 Å². The van der Waals surface area contributed by atoms with Crippen LogP contribution < -0.4 is 10.1 Å². The average Bonchev–Trinajstić information content (AvgIpc) is 2.74. The Kier molecular flexibility index (Phi) is 4.83. The minimum absolute atomic E-state index is 0.522. The summed E-state index contributed by atoms with van der Waals surface area (Å²) in [6.45, 7) is 7.59. The maximum Gasteiger partial charge on any atom is 0.119 e. The van der Waals surface area contributed by atoms with Gasteiger partial charge in [-0.15, -0.1) is 11.3 Å². The summed E-state index contributed by atoms with van der Waals surface area (Å²) in [6.07, 6.45) is 2.32. The van der Waals surface area contributed by atoms with Gasteiger partial charge in [-0.05, 0) is 35.6 Å². The largest absolute Gasteiger partial charge is 0.497 e. The van der Waals surface area contributed by atoms with Crippen LogP contribution in [0.4, 0.5) is 0 Å². The van der Waals surface area contributed by atoms with Crippen molar-refractivity contribution < 1.29 is 4.74 Å². The van der Waals surface area contributed by atoms with Crippen LogP contribution >= 0.6 is 11.3 Å². The quantitative estimate of drug-likeness (QED) is 0.847. The predicted molar refractivity (Wildman–Crippen MR) is 84.3 cm³/mol. The lowest BCUT2D eigenvalue weighted by Crippen LogP contribution is -2.21. The van der Waals surface area contributed by atoms with Crippen LogP contribution in [0.2, 0.25) is 0 Å². The number of rotatable bonds is 6. The molecule has 1 heterocycles. The zero-order valence-electron chi connectivity index (χ0n) is 12.2. The topological polar surface area (TPSA) is 21.3 Å². The minimum atomic E-state index is 0.522. The number of hydrogen-bond acceptors (Lipinski definition) is 3. The SMILES string of the molecule is CCCc1c(CNC(C)C)sc2ccc(OC)cc12. The van der Waals surface area contributed by atoms with E-state index in [9.17, 15) is 0 Å². The van der Waals surface area contributed by atoms with E-state index < -0.39 is 0 Å². The van der Waals surface area contributed by atoms with E-state index in [1.807, 2.05) is 17.4 Å². The molecule has 0 spiro atoms. The molecular weight excluding hydrogens is 254 g/mol. The van der Waals surface area contributed by atoms with E-state index in [2.05, 4.69) is 38.2 Å². The van der Waals surface area contributed by atoms with Gasteiger partial charge in [-0.3, -0.25) is 0 Å². The van der Waals surface area contributed by atoms with Gasteiger partial charge in [-0.2, -0.15) is 0 Å². The van der Waals surface area contributed by atoms with Crippen molar-refractivity contribution in [3.63, 3.8) is 0 Å². The lowest BCUT2D eigenvalue weighted by atomic mass is 10.1. The molecule has 19 heavy (non-hydrogen) atoms. The summed E-state index contributed by atoms with van der Waals surface area (Å²) >= 11 is 1.91. The molecule has 0 fully saturated rings. The number of aryl methyl sites for hydroxylation is 1. The molecule has 0 unspecified atom stereocenters. The van der Waals surface area contributed by atoms with Crippen LogP contribution in [0.25, 0.3) is 10.1 Å². The number of benzene rings is 1. The summed E-state index contributed by atoms with van der Waals surface area (Å²) in [6, 6.07) is 6.93. The second-order valence-corrected chi connectivity index (χ2v) is 6.29. The van der Waals surface area contributed by atoms with Crippen LogP contribution in [0.1, 0.15) is 37.6 Å². The normalized spacial score (nSPS) is 11.4. The van der Waals surface area contributed by atoms with E-state index in [1.54, 1.807) is 7.11 Å². The first kappa shape index (κ1) is 14.4. The number of ether oxygens (including phenoxy) is 1. The van der Waals surface area contributed by atoms with Crippen molar-refractivity contribution in [2.75, 3.05) is 7.11 Å². The molecular formula is C16H23NOS.